The first kappa shape index (κ1) is 11.1. The lowest BCUT2D eigenvalue weighted by Crippen LogP contribution is -2.44. The molecule has 2 heterocycles. The molecule has 2 aliphatic rings. The molecule has 0 radical (unpaired) electrons. The second-order valence-corrected chi connectivity index (χ2v) is 6.49. The fourth-order valence-electron chi connectivity index (χ4n) is 2.55. The molecule has 2 unspecified atom stereocenters. The van der Waals surface area contributed by atoms with Crippen LogP contribution in [-0.2, 0) is 4.74 Å². The van der Waals surface area contributed by atoms with Crippen LogP contribution in [0, 0.1) is 5.92 Å². The molecule has 0 aromatic heterocycles. The Morgan fingerprint density at radius 3 is 2.79 bits per heavy atom. The highest BCUT2D eigenvalue weighted by Crippen LogP contribution is 2.41. The number of rotatable bonds is 1. The molecule has 82 valence electrons. The summed E-state index contributed by atoms with van der Waals surface area (Å²) < 4.78 is 6.01. The highest BCUT2D eigenvalue weighted by atomic mass is 35.5. The van der Waals surface area contributed by atoms with Crippen molar-refractivity contribution in [1.29, 1.82) is 0 Å². The Morgan fingerprint density at radius 1 is 1.43 bits per heavy atom. The van der Waals surface area contributed by atoms with Crippen LogP contribution in [0.15, 0.2) is 0 Å². The van der Waals surface area contributed by atoms with Gasteiger partial charge in [0.1, 0.15) is 0 Å². The summed E-state index contributed by atoms with van der Waals surface area (Å²) in [6.45, 7) is 3.05. The zero-order chi connectivity index (χ0) is 10.0. The van der Waals surface area contributed by atoms with E-state index in [9.17, 15) is 0 Å². The number of hydrogen-bond donors (Lipinski definition) is 0. The fraction of sp³-hybridized carbons (Fsp3) is 1.00. The molecule has 2 rings (SSSR count). The molecule has 3 heteroatoms. The Morgan fingerprint density at radius 2 is 2.14 bits per heavy atom. The lowest BCUT2D eigenvalue weighted by molar-refractivity contribution is -0.102. The van der Waals surface area contributed by atoms with Crippen LogP contribution in [0.5, 0.6) is 0 Å². The maximum atomic E-state index is 6.20. The van der Waals surface area contributed by atoms with Crippen molar-refractivity contribution in [3.63, 3.8) is 0 Å². The van der Waals surface area contributed by atoms with Crippen molar-refractivity contribution < 1.29 is 4.74 Å². The summed E-state index contributed by atoms with van der Waals surface area (Å²) in [6.07, 6.45) is 4.81. The summed E-state index contributed by atoms with van der Waals surface area (Å²) in [4.78, 5) is 0. The van der Waals surface area contributed by atoms with Gasteiger partial charge < -0.3 is 4.74 Å². The molecular weight excluding hydrogens is 216 g/mol. The number of alkyl halides is 1. The first-order valence-corrected chi connectivity index (χ1v) is 7.17. The molecule has 0 bridgehead atoms. The van der Waals surface area contributed by atoms with E-state index in [4.69, 9.17) is 16.3 Å². The maximum Gasteiger partial charge on any atom is 0.0701 e. The molecule has 2 aliphatic heterocycles. The predicted octanol–water partition coefficient (Wildman–Crippen LogP) is 3.31. The topological polar surface area (TPSA) is 9.23 Å². The van der Waals surface area contributed by atoms with E-state index in [1.807, 2.05) is 0 Å². The Bertz CT molecular complexity index is 184. The third-order valence-corrected chi connectivity index (χ3v) is 4.93. The third kappa shape index (κ3) is 2.40. The van der Waals surface area contributed by atoms with Crippen LogP contribution in [0.4, 0.5) is 0 Å². The molecule has 0 aliphatic carbocycles. The largest absolute Gasteiger partial charge is 0.375 e. The van der Waals surface area contributed by atoms with E-state index >= 15 is 0 Å². The lowest BCUT2D eigenvalue weighted by atomic mass is 9.81. The third-order valence-electron chi connectivity index (χ3n) is 3.58. The van der Waals surface area contributed by atoms with Gasteiger partial charge in [-0.3, -0.25) is 0 Å². The molecule has 14 heavy (non-hydrogen) atoms. The fourth-order valence-corrected chi connectivity index (χ4v) is 4.00. The molecule has 1 spiro atoms. The van der Waals surface area contributed by atoms with Gasteiger partial charge in [-0.2, -0.15) is 11.8 Å². The molecule has 2 saturated heterocycles. The van der Waals surface area contributed by atoms with E-state index in [-0.39, 0.29) is 5.60 Å². The Balaban J connectivity index is 1.97. The summed E-state index contributed by atoms with van der Waals surface area (Å²) in [5.74, 6) is 3.21. The van der Waals surface area contributed by atoms with Crippen LogP contribution in [0.25, 0.3) is 0 Å². The highest BCUT2D eigenvalue weighted by Gasteiger charge is 2.39. The first-order chi connectivity index (χ1) is 6.72. The van der Waals surface area contributed by atoms with Crippen LogP contribution < -0.4 is 0 Å². The van der Waals surface area contributed by atoms with Crippen molar-refractivity contribution in [2.45, 2.75) is 43.6 Å². The van der Waals surface area contributed by atoms with Crippen molar-refractivity contribution in [2.75, 3.05) is 18.1 Å². The number of thioether (sulfide) groups is 1. The van der Waals surface area contributed by atoms with Crippen LogP contribution >= 0.6 is 23.4 Å². The van der Waals surface area contributed by atoms with Crippen LogP contribution in [0.3, 0.4) is 0 Å². The predicted molar refractivity (Wildman–Crippen MR) is 63.3 cm³/mol. The minimum atomic E-state index is 0.206. The molecular formula is C11H19ClOS. The van der Waals surface area contributed by atoms with E-state index in [0.717, 1.165) is 13.0 Å². The molecule has 2 fully saturated rings. The molecule has 0 amide bonds. The van der Waals surface area contributed by atoms with Crippen LogP contribution in [-0.4, -0.2) is 29.1 Å². The average Bonchev–Trinajstić information content (AvgIpc) is 2.19. The van der Waals surface area contributed by atoms with E-state index in [2.05, 4.69) is 18.7 Å². The van der Waals surface area contributed by atoms with E-state index in [0.29, 0.717) is 11.3 Å². The maximum absolute atomic E-state index is 6.20. The smallest absolute Gasteiger partial charge is 0.0701 e. The summed E-state index contributed by atoms with van der Waals surface area (Å²) in [7, 11) is 0. The molecule has 0 N–H and O–H groups in total. The summed E-state index contributed by atoms with van der Waals surface area (Å²) in [5.41, 5.74) is 0.206. The van der Waals surface area contributed by atoms with E-state index < -0.39 is 0 Å². The van der Waals surface area contributed by atoms with Gasteiger partial charge in [0.2, 0.25) is 0 Å². The van der Waals surface area contributed by atoms with Gasteiger partial charge in [-0.05, 0) is 50.0 Å². The van der Waals surface area contributed by atoms with Crippen molar-refractivity contribution in [3.8, 4) is 0 Å². The van der Waals surface area contributed by atoms with E-state index in [1.165, 1.54) is 30.8 Å². The molecule has 0 saturated carbocycles. The van der Waals surface area contributed by atoms with Gasteiger partial charge in [-0.15, -0.1) is 11.6 Å². The second-order valence-electron chi connectivity index (χ2n) is 4.57. The van der Waals surface area contributed by atoms with Gasteiger partial charge in [-0.1, -0.05) is 0 Å². The van der Waals surface area contributed by atoms with Crippen LogP contribution in [0.2, 0.25) is 0 Å². The standard InChI is InChI=1S/C11H19ClOS/c1-9(12)10-2-5-13-11(8-10)3-6-14-7-4-11/h9-10H,2-8H2,1H3. The zero-order valence-corrected chi connectivity index (χ0v) is 10.4. The van der Waals surface area contributed by atoms with Gasteiger partial charge in [0, 0.05) is 12.0 Å². The van der Waals surface area contributed by atoms with Crippen molar-refractivity contribution >= 4 is 23.4 Å². The Labute approximate surface area is 95.9 Å². The van der Waals surface area contributed by atoms with Gasteiger partial charge in [0.05, 0.1) is 5.60 Å². The minimum Gasteiger partial charge on any atom is -0.375 e. The molecule has 0 aromatic carbocycles. The second kappa shape index (κ2) is 4.63. The Hall–Kier alpha value is 0.600. The molecule has 0 aromatic rings. The highest BCUT2D eigenvalue weighted by molar-refractivity contribution is 7.99. The van der Waals surface area contributed by atoms with Crippen molar-refractivity contribution in [1.82, 2.24) is 0 Å². The first-order valence-electron chi connectivity index (χ1n) is 5.58. The number of ether oxygens (including phenoxy) is 1. The van der Waals surface area contributed by atoms with E-state index in [1.54, 1.807) is 0 Å². The Kier molecular flexibility index (Phi) is 3.67. The van der Waals surface area contributed by atoms with Gasteiger partial charge >= 0.3 is 0 Å². The van der Waals surface area contributed by atoms with Crippen LogP contribution in [0.1, 0.15) is 32.6 Å². The van der Waals surface area contributed by atoms with Gasteiger partial charge in [-0.25, -0.2) is 0 Å². The van der Waals surface area contributed by atoms with Crippen molar-refractivity contribution in [3.05, 3.63) is 0 Å². The monoisotopic (exact) mass is 234 g/mol. The van der Waals surface area contributed by atoms with Gasteiger partial charge in [0.25, 0.3) is 0 Å². The number of hydrogen-bond acceptors (Lipinski definition) is 2. The SMILES string of the molecule is CC(Cl)C1CCOC2(CCSCC2)C1. The van der Waals surface area contributed by atoms with Crippen molar-refractivity contribution in [2.24, 2.45) is 5.92 Å². The lowest BCUT2D eigenvalue weighted by Gasteiger charge is -2.44. The number of halogens is 1. The summed E-state index contributed by atoms with van der Waals surface area (Å²) >= 11 is 8.26. The summed E-state index contributed by atoms with van der Waals surface area (Å²) in [5, 5.41) is 0.311. The minimum absolute atomic E-state index is 0.206. The molecule has 2 atom stereocenters. The van der Waals surface area contributed by atoms with Gasteiger partial charge in [0.15, 0.2) is 0 Å². The summed E-state index contributed by atoms with van der Waals surface area (Å²) in [6, 6.07) is 0. The average molecular weight is 235 g/mol. The zero-order valence-electron chi connectivity index (χ0n) is 8.80. The molecule has 1 nitrogen and oxygen atoms in total. The normalized spacial score (nSPS) is 34.3. The quantitative estimate of drug-likeness (QED) is 0.644.